The van der Waals surface area contributed by atoms with Crippen molar-refractivity contribution >= 4 is 11.8 Å². The average molecular weight is 414 g/mol. The standard InChI is InChI=1S/C23H27FN2O4/c1-29-20-10-5-16(14-21(20)30-2)11-12-25-22(27)18-4-3-13-26(15-18)23(28)17-6-8-19(24)9-7-17/h5-10,14,18H,3-4,11-13,15H2,1-2H3,(H,25,27). The van der Waals surface area contributed by atoms with Gasteiger partial charge in [0, 0.05) is 25.2 Å². The maximum Gasteiger partial charge on any atom is 0.253 e. The molecular formula is C23H27FN2O4. The summed E-state index contributed by atoms with van der Waals surface area (Å²) < 4.78 is 23.6. The number of halogens is 1. The van der Waals surface area contributed by atoms with Crippen LogP contribution in [0.15, 0.2) is 42.5 Å². The Morgan fingerprint density at radius 3 is 2.53 bits per heavy atom. The van der Waals surface area contributed by atoms with Gasteiger partial charge in [0.05, 0.1) is 20.1 Å². The number of methoxy groups -OCH3 is 2. The van der Waals surface area contributed by atoms with Crippen LogP contribution >= 0.6 is 0 Å². The highest BCUT2D eigenvalue weighted by atomic mass is 19.1. The van der Waals surface area contributed by atoms with Gasteiger partial charge >= 0.3 is 0 Å². The van der Waals surface area contributed by atoms with Gasteiger partial charge < -0.3 is 19.7 Å². The van der Waals surface area contributed by atoms with E-state index in [1.54, 1.807) is 19.1 Å². The fourth-order valence-electron chi connectivity index (χ4n) is 3.66. The average Bonchev–Trinajstić information content (AvgIpc) is 2.79. The summed E-state index contributed by atoms with van der Waals surface area (Å²) in [6, 6.07) is 11.2. The van der Waals surface area contributed by atoms with E-state index >= 15 is 0 Å². The van der Waals surface area contributed by atoms with Gasteiger partial charge in [-0.15, -0.1) is 0 Å². The normalized spacial score (nSPS) is 16.1. The lowest BCUT2D eigenvalue weighted by Crippen LogP contribution is -2.45. The minimum Gasteiger partial charge on any atom is -0.493 e. The first-order valence-corrected chi connectivity index (χ1v) is 10.0. The van der Waals surface area contributed by atoms with Gasteiger partial charge in [-0.05, 0) is 61.2 Å². The molecule has 0 saturated carbocycles. The molecule has 0 bridgehead atoms. The molecule has 2 amide bonds. The molecule has 2 aromatic rings. The van der Waals surface area contributed by atoms with E-state index in [-0.39, 0.29) is 23.5 Å². The number of benzene rings is 2. The smallest absolute Gasteiger partial charge is 0.253 e. The first-order chi connectivity index (χ1) is 14.5. The molecule has 1 atom stereocenters. The number of nitrogens with zero attached hydrogens (tertiary/aromatic N) is 1. The van der Waals surface area contributed by atoms with Gasteiger partial charge in [0.2, 0.25) is 5.91 Å². The molecule has 1 unspecified atom stereocenters. The SMILES string of the molecule is COc1ccc(CCNC(=O)C2CCCN(C(=O)c3ccc(F)cc3)C2)cc1OC. The first-order valence-electron chi connectivity index (χ1n) is 10.0. The Kier molecular flexibility index (Phi) is 7.27. The summed E-state index contributed by atoms with van der Waals surface area (Å²) in [5.74, 6) is 0.484. The number of nitrogens with one attached hydrogen (secondary N) is 1. The zero-order valence-electron chi connectivity index (χ0n) is 17.3. The van der Waals surface area contributed by atoms with Crippen LogP contribution in [0.5, 0.6) is 11.5 Å². The molecule has 30 heavy (non-hydrogen) atoms. The van der Waals surface area contributed by atoms with Gasteiger partial charge in [0.1, 0.15) is 5.82 Å². The van der Waals surface area contributed by atoms with Crippen molar-refractivity contribution < 1.29 is 23.5 Å². The first kappa shape index (κ1) is 21.6. The van der Waals surface area contributed by atoms with E-state index in [1.807, 2.05) is 18.2 Å². The lowest BCUT2D eigenvalue weighted by Gasteiger charge is -2.32. The molecule has 0 radical (unpaired) electrons. The summed E-state index contributed by atoms with van der Waals surface area (Å²) in [6.07, 6.45) is 2.17. The number of likely N-dealkylation sites (tertiary alicyclic amines) is 1. The molecule has 0 aromatic heterocycles. The van der Waals surface area contributed by atoms with Gasteiger partial charge in [-0.3, -0.25) is 9.59 Å². The zero-order chi connectivity index (χ0) is 21.5. The van der Waals surface area contributed by atoms with Gasteiger partial charge in [-0.1, -0.05) is 6.07 Å². The molecule has 3 rings (SSSR count). The minimum absolute atomic E-state index is 0.0490. The maximum atomic E-state index is 13.1. The number of ether oxygens (including phenoxy) is 2. The third-order valence-corrected chi connectivity index (χ3v) is 5.33. The Bertz CT molecular complexity index is 885. The van der Waals surface area contributed by atoms with Crippen LogP contribution in [0, 0.1) is 11.7 Å². The van der Waals surface area contributed by atoms with Crippen molar-refractivity contribution in [2.45, 2.75) is 19.3 Å². The van der Waals surface area contributed by atoms with Crippen LogP contribution in [0.2, 0.25) is 0 Å². The van der Waals surface area contributed by atoms with Crippen LogP contribution in [-0.2, 0) is 11.2 Å². The van der Waals surface area contributed by atoms with Gasteiger partial charge in [0.15, 0.2) is 11.5 Å². The lowest BCUT2D eigenvalue weighted by molar-refractivity contribution is -0.126. The molecular weight excluding hydrogens is 387 g/mol. The summed E-state index contributed by atoms with van der Waals surface area (Å²) in [7, 11) is 3.18. The van der Waals surface area contributed by atoms with Crippen molar-refractivity contribution in [2.75, 3.05) is 33.9 Å². The van der Waals surface area contributed by atoms with E-state index in [0.717, 1.165) is 18.4 Å². The van der Waals surface area contributed by atoms with E-state index in [0.29, 0.717) is 43.1 Å². The minimum atomic E-state index is -0.378. The fourth-order valence-corrected chi connectivity index (χ4v) is 3.66. The predicted octanol–water partition coefficient (Wildman–Crippen LogP) is 3.05. The topological polar surface area (TPSA) is 67.9 Å². The molecule has 1 saturated heterocycles. The molecule has 2 aromatic carbocycles. The molecule has 1 N–H and O–H groups in total. The highest BCUT2D eigenvalue weighted by Crippen LogP contribution is 2.27. The molecule has 0 spiro atoms. The largest absolute Gasteiger partial charge is 0.493 e. The number of hydrogen-bond donors (Lipinski definition) is 1. The molecule has 1 aliphatic heterocycles. The van der Waals surface area contributed by atoms with Crippen molar-refractivity contribution in [3.8, 4) is 11.5 Å². The molecule has 7 heteroatoms. The van der Waals surface area contributed by atoms with E-state index in [9.17, 15) is 14.0 Å². The van der Waals surface area contributed by atoms with Crippen molar-refractivity contribution in [3.63, 3.8) is 0 Å². The van der Waals surface area contributed by atoms with Crippen LogP contribution < -0.4 is 14.8 Å². The second-order valence-electron chi connectivity index (χ2n) is 7.33. The zero-order valence-corrected chi connectivity index (χ0v) is 17.3. The molecule has 160 valence electrons. The maximum absolute atomic E-state index is 13.1. The van der Waals surface area contributed by atoms with Gasteiger partial charge in [0.25, 0.3) is 5.91 Å². The lowest BCUT2D eigenvalue weighted by atomic mass is 9.96. The number of amides is 2. The van der Waals surface area contributed by atoms with Crippen LogP contribution in [0.25, 0.3) is 0 Å². The highest BCUT2D eigenvalue weighted by molar-refractivity contribution is 5.94. The Labute approximate surface area is 176 Å². The molecule has 0 aliphatic carbocycles. The Morgan fingerprint density at radius 1 is 1.10 bits per heavy atom. The highest BCUT2D eigenvalue weighted by Gasteiger charge is 2.28. The molecule has 1 fully saturated rings. The van der Waals surface area contributed by atoms with E-state index in [4.69, 9.17) is 9.47 Å². The third-order valence-electron chi connectivity index (χ3n) is 5.33. The third kappa shape index (κ3) is 5.28. The summed E-state index contributed by atoms with van der Waals surface area (Å²) in [6.45, 7) is 1.47. The summed E-state index contributed by atoms with van der Waals surface area (Å²) in [5, 5.41) is 2.98. The number of hydrogen-bond acceptors (Lipinski definition) is 4. The quantitative estimate of drug-likeness (QED) is 0.756. The summed E-state index contributed by atoms with van der Waals surface area (Å²) in [4.78, 5) is 26.9. The van der Waals surface area contributed by atoms with Gasteiger partial charge in [-0.25, -0.2) is 4.39 Å². The second kappa shape index (κ2) is 10.1. The fraction of sp³-hybridized carbons (Fsp3) is 0.391. The summed E-state index contributed by atoms with van der Waals surface area (Å²) in [5.41, 5.74) is 1.47. The van der Waals surface area contributed by atoms with Crippen molar-refractivity contribution in [2.24, 2.45) is 5.92 Å². The van der Waals surface area contributed by atoms with E-state index in [1.165, 1.54) is 24.3 Å². The Balaban J connectivity index is 1.51. The van der Waals surface area contributed by atoms with E-state index < -0.39 is 0 Å². The number of piperidine rings is 1. The second-order valence-corrected chi connectivity index (χ2v) is 7.33. The summed E-state index contributed by atoms with van der Waals surface area (Å²) >= 11 is 0. The monoisotopic (exact) mass is 414 g/mol. The molecule has 6 nitrogen and oxygen atoms in total. The Morgan fingerprint density at radius 2 is 1.83 bits per heavy atom. The van der Waals surface area contributed by atoms with Crippen molar-refractivity contribution in [3.05, 3.63) is 59.4 Å². The predicted molar refractivity (Wildman–Crippen MR) is 111 cm³/mol. The van der Waals surface area contributed by atoms with Crippen LogP contribution in [0.3, 0.4) is 0 Å². The van der Waals surface area contributed by atoms with E-state index in [2.05, 4.69) is 5.32 Å². The number of rotatable bonds is 7. The van der Waals surface area contributed by atoms with Crippen LogP contribution in [0.4, 0.5) is 4.39 Å². The number of carbonyl (C=O) groups excluding carboxylic acids is 2. The van der Waals surface area contributed by atoms with Crippen LogP contribution in [0.1, 0.15) is 28.8 Å². The Hall–Kier alpha value is -3.09. The van der Waals surface area contributed by atoms with Crippen molar-refractivity contribution in [1.29, 1.82) is 0 Å². The van der Waals surface area contributed by atoms with Crippen LogP contribution in [-0.4, -0.2) is 50.6 Å². The van der Waals surface area contributed by atoms with Gasteiger partial charge in [-0.2, -0.15) is 0 Å². The molecule has 1 aliphatic rings. The number of carbonyl (C=O) groups is 2. The van der Waals surface area contributed by atoms with Crippen molar-refractivity contribution in [1.82, 2.24) is 10.2 Å². The molecule has 1 heterocycles.